The summed E-state index contributed by atoms with van der Waals surface area (Å²) in [5, 5.41) is 11.8. The number of rotatable bonds is 6. The number of nitrogens with zero attached hydrogens (tertiary/aromatic N) is 2. The van der Waals surface area contributed by atoms with E-state index in [1.54, 1.807) is 12.1 Å². The molecule has 5 rings (SSSR count). The normalized spacial score (nSPS) is 23.3. The van der Waals surface area contributed by atoms with Gasteiger partial charge in [0.05, 0.1) is 38.3 Å². The molecule has 2 atom stereocenters. The molecule has 0 spiro atoms. The fourth-order valence-electron chi connectivity index (χ4n) is 5.09. The van der Waals surface area contributed by atoms with Gasteiger partial charge in [0.15, 0.2) is 9.84 Å². The van der Waals surface area contributed by atoms with Gasteiger partial charge in [-0.1, -0.05) is 35.9 Å². The molecule has 3 fully saturated rings. The lowest BCUT2D eigenvalue weighted by atomic mass is 9.92. The van der Waals surface area contributed by atoms with Crippen LogP contribution >= 0.6 is 11.6 Å². The lowest BCUT2D eigenvalue weighted by Gasteiger charge is -2.32. The molecule has 1 saturated heterocycles. The summed E-state index contributed by atoms with van der Waals surface area (Å²) in [6.07, 6.45) is -3.45. The van der Waals surface area contributed by atoms with Gasteiger partial charge in [0.1, 0.15) is 5.54 Å². The van der Waals surface area contributed by atoms with Gasteiger partial charge in [-0.3, -0.25) is 14.5 Å². The first-order chi connectivity index (χ1) is 17.9. The second-order valence-corrected chi connectivity index (χ2v) is 12.7. The fourth-order valence-corrected chi connectivity index (χ4v) is 7.28. The minimum Gasteiger partial charge on any atom is -0.304 e. The first kappa shape index (κ1) is 26.7. The van der Waals surface area contributed by atoms with E-state index >= 15 is 0 Å². The fraction of sp³-hybridized carbons (Fsp3) is 0.423. The van der Waals surface area contributed by atoms with E-state index < -0.39 is 55.6 Å². The minimum atomic E-state index is -4.53. The van der Waals surface area contributed by atoms with E-state index in [4.69, 9.17) is 11.6 Å². The predicted octanol–water partition coefficient (Wildman–Crippen LogP) is 4.01. The first-order valence-electron chi connectivity index (χ1n) is 12.1. The molecule has 7 nitrogen and oxygen atoms in total. The number of carbonyl (C=O) groups is 2. The number of halogens is 4. The molecule has 2 aromatic rings. The number of nitrogens with one attached hydrogen (secondary N) is 1. The second kappa shape index (κ2) is 9.07. The van der Waals surface area contributed by atoms with Crippen molar-refractivity contribution in [1.82, 2.24) is 10.2 Å². The highest BCUT2D eigenvalue weighted by molar-refractivity contribution is 7.92. The Bertz CT molecular complexity index is 1450. The minimum absolute atomic E-state index is 0.0460. The van der Waals surface area contributed by atoms with E-state index in [0.717, 1.165) is 17.0 Å². The molecule has 2 amide bonds. The van der Waals surface area contributed by atoms with Gasteiger partial charge in [0.2, 0.25) is 11.8 Å². The largest absolute Gasteiger partial charge is 0.416 e. The highest BCUT2D eigenvalue weighted by Gasteiger charge is 2.63. The summed E-state index contributed by atoms with van der Waals surface area (Å²) in [4.78, 5) is 28.5. The van der Waals surface area contributed by atoms with Crippen molar-refractivity contribution in [3.05, 3.63) is 64.7 Å². The average Bonchev–Trinajstić information content (AvgIpc) is 3.80. The molecule has 38 heavy (non-hydrogen) atoms. The van der Waals surface area contributed by atoms with Crippen molar-refractivity contribution in [2.24, 2.45) is 0 Å². The predicted molar refractivity (Wildman–Crippen MR) is 131 cm³/mol. The average molecular weight is 566 g/mol. The van der Waals surface area contributed by atoms with E-state index in [2.05, 4.69) is 11.4 Å². The smallest absolute Gasteiger partial charge is 0.304 e. The molecular formula is C26H23ClF3N3O4S. The summed E-state index contributed by atoms with van der Waals surface area (Å²) in [6, 6.07) is 11.3. The van der Waals surface area contributed by atoms with Gasteiger partial charge in [-0.25, -0.2) is 8.42 Å². The van der Waals surface area contributed by atoms with Crippen LogP contribution < -0.4 is 5.32 Å². The number of benzene rings is 2. The molecule has 200 valence electrons. The Labute approximate surface area is 222 Å². The number of imide groups is 1. The Balaban J connectivity index is 1.41. The van der Waals surface area contributed by atoms with E-state index in [0.29, 0.717) is 18.4 Å². The molecule has 12 heteroatoms. The highest BCUT2D eigenvalue weighted by Crippen LogP contribution is 2.53. The van der Waals surface area contributed by atoms with Gasteiger partial charge >= 0.3 is 6.18 Å². The maximum atomic E-state index is 13.9. The van der Waals surface area contributed by atoms with Crippen LogP contribution in [0, 0.1) is 11.3 Å². The first-order valence-corrected chi connectivity index (χ1v) is 14.0. The summed E-state index contributed by atoms with van der Waals surface area (Å²) in [5.74, 6) is -1.34. The van der Waals surface area contributed by atoms with Crippen molar-refractivity contribution in [3.63, 3.8) is 0 Å². The Hall–Kier alpha value is -2.94. The molecule has 0 unspecified atom stereocenters. The molecule has 0 radical (unpaired) electrons. The Morgan fingerprint density at radius 1 is 1.05 bits per heavy atom. The Kier molecular flexibility index (Phi) is 6.36. The molecule has 1 aliphatic heterocycles. The third-order valence-electron chi connectivity index (χ3n) is 7.68. The summed E-state index contributed by atoms with van der Waals surface area (Å²) in [7, 11) is -3.89. The van der Waals surface area contributed by atoms with Crippen LogP contribution in [-0.2, 0) is 31.0 Å². The van der Waals surface area contributed by atoms with Crippen LogP contribution in [-0.4, -0.2) is 48.5 Å². The molecule has 2 aromatic carbocycles. The quantitative estimate of drug-likeness (QED) is 0.531. The zero-order chi connectivity index (χ0) is 27.5. The van der Waals surface area contributed by atoms with Crippen molar-refractivity contribution in [2.75, 3.05) is 6.54 Å². The van der Waals surface area contributed by atoms with E-state index in [1.165, 1.54) is 24.3 Å². The van der Waals surface area contributed by atoms with Crippen LogP contribution in [0.25, 0.3) is 0 Å². The van der Waals surface area contributed by atoms with Crippen LogP contribution in [0.5, 0.6) is 0 Å². The number of hydrogen-bond donors (Lipinski definition) is 1. The van der Waals surface area contributed by atoms with Gasteiger partial charge in [0.25, 0.3) is 0 Å². The highest BCUT2D eigenvalue weighted by atomic mass is 35.5. The molecule has 1 heterocycles. The van der Waals surface area contributed by atoms with Gasteiger partial charge in [-0.15, -0.1) is 0 Å². The van der Waals surface area contributed by atoms with Crippen molar-refractivity contribution in [1.29, 1.82) is 5.26 Å². The summed E-state index contributed by atoms with van der Waals surface area (Å²) in [6.45, 7) is -0.0460. The molecule has 0 aromatic heterocycles. The van der Waals surface area contributed by atoms with Crippen molar-refractivity contribution in [3.8, 4) is 6.07 Å². The number of carbonyl (C=O) groups excluding carboxylic acids is 2. The summed E-state index contributed by atoms with van der Waals surface area (Å²) < 4.78 is 65.5. The summed E-state index contributed by atoms with van der Waals surface area (Å²) >= 11 is 6.10. The van der Waals surface area contributed by atoms with Gasteiger partial charge in [0, 0.05) is 6.54 Å². The third-order valence-corrected chi connectivity index (χ3v) is 10.3. The van der Waals surface area contributed by atoms with Gasteiger partial charge in [-0.2, -0.15) is 18.4 Å². The maximum absolute atomic E-state index is 13.9. The van der Waals surface area contributed by atoms with Crippen LogP contribution in [0.4, 0.5) is 13.2 Å². The third kappa shape index (κ3) is 4.38. The Morgan fingerprint density at radius 2 is 1.68 bits per heavy atom. The van der Waals surface area contributed by atoms with Crippen molar-refractivity contribution in [2.45, 2.75) is 65.4 Å². The lowest BCUT2D eigenvalue weighted by Crippen LogP contribution is -2.55. The van der Waals surface area contributed by atoms with Gasteiger partial charge in [-0.05, 0) is 61.9 Å². The molecule has 3 aliphatic rings. The number of alkyl halides is 3. The topological polar surface area (TPSA) is 107 Å². The standard InChI is InChI=1S/C26H23ClF3N3O4S/c27-19-3-1-2-4-21(19)38(36,37)18-13-20(32-14-18)22(34)33(24(15-31)9-10-24)23(35)25(11-12-25)16-5-7-17(8-6-16)26(28,29)30/h1-8,18,20,32H,9-14H2/t18-,20+/m1/s1. The molecular weight excluding hydrogens is 543 g/mol. The van der Waals surface area contributed by atoms with Crippen LogP contribution in [0.1, 0.15) is 43.2 Å². The van der Waals surface area contributed by atoms with E-state index in [-0.39, 0.29) is 35.7 Å². The maximum Gasteiger partial charge on any atom is 0.416 e. The van der Waals surface area contributed by atoms with Crippen molar-refractivity contribution < 1.29 is 31.2 Å². The molecule has 1 N–H and O–H groups in total. The zero-order valence-corrected chi connectivity index (χ0v) is 21.5. The molecule has 2 saturated carbocycles. The SMILES string of the molecule is N#CC1(N(C(=O)[C@@H]2C[C@@H](S(=O)(=O)c3ccccc3Cl)CN2)C(=O)C2(c3ccc(C(F)(F)F)cc3)CC2)CC1. The second-order valence-electron chi connectivity index (χ2n) is 10.1. The number of hydrogen-bond acceptors (Lipinski definition) is 6. The van der Waals surface area contributed by atoms with Crippen molar-refractivity contribution >= 4 is 33.3 Å². The molecule has 2 aliphatic carbocycles. The summed E-state index contributed by atoms with van der Waals surface area (Å²) in [5.41, 5.74) is -3.06. The molecule has 0 bridgehead atoms. The monoisotopic (exact) mass is 565 g/mol. The van der Waals surface area contributed by atoms with E-state index in [9.17, 15) is 36.4 Å². The number of sulfone groups is 1. The van der Waals surface area contributed by atoms with Crippen LogP contribution in [0.15, 0.2) is 53.4 Å². The van der Waals surface area contributed by atoms with Crippen LogP contribution in [0.3, 0.4) is 0 Å². The Morgan fingerprint density at radius 3 is 2.21 bits per heavy atom. The lowest BCUT2D eigenvalue weighted by molar-refractivity contribution is -0.150. The number of amides is 2. The van der Waals surface area contributed by atoms with E-state index in [1.807, 2.05) is 0 Å². The van der Waals surface area contributed by atoms with Crippen LogP contribution in [0.2, 0.25) is 5.02 Å². The number of nitriles is 1. The van der Waals surface area contributed by atoms with Gasteiger partial charge < -0.3 is 5.32 Å². The zero-order valence-electron chi connectivity index (χ0n) is 20.0.